The van der Waals surface area contributed by atoms with E-state index in [1.165, 1.54) is 5.56 Å². The van der Waals surface area contributed by atoms with Crippen molar-refractivity contribution in [2.24, 2.45) is 0 Å². The van der Waals surface area contributed by atoms with Gasteiger partial charge in [0.05, 0.1) is 0 Å². The van der Waals surface area contributed by atoms with E-state index in [-0.39, 0.29) is 18.5 Å². The van der Waals surface area contributed by atoms with Crippen LogP contribution in [0.25, 0.3) is 0 Å². The Morgan fingerprint density at radius 2 is 1.72 bits per heavy atom. The van der Waals surface area contributed by atoms with E-state index < -0.39 is 0 Å². The zero-order chi connectivity index (χ0) is 17.8. The lowest BCUT2D eigenvalue weighted by molar-refractivity contribution is -0.116. The highest BCUT2D eigenvalue weighted by Crippen LogP contribution is 2.20. The molecule has 0 spiro atoms. The number of anilines is 2. The zero-order valence-electron chi connectivity index (χ0n) is 14.6. The summed E-state index contributed by atoms with van der Waals surface area (Å²) in [5, 5.41) is 2.86. The van der Waals surface area contributed by atoms with Crippen molar-refractivity contribution < 1.29 is 9.59 Å². The third-order valence-electron chi connectivity index (χ3n) is 4.36. The van der Waals surface area contributed by atoms with Crippen LogP contribution in [0.1, 0.15) is 25.3 Å². The first-order valence-electron chi connectivity index (χ1n) is 8.56. The van der Waals surface area contributed by atoms with Crippen molar-refractivity contribution in [3.05, 3.63) is 60.2 Å². The van der Waals surface area contributed by atoms with Gasteiger partial charge in [-0.25, -0.2) is 4.79 Å². The quantitative estimate of drug-likeness (QED) is 0.904. The van der Waals surface area contributed by atoms with Gasteiger partial charge in [0.1, 0.15) is 6.54 Å². The van der Waals surface area contributed by atoms with Gasteiger partial charge in [-0.15, -0.1) is 0 Å². The van der Waals surface area contributed by atoms with Crippen LogP contribution in [0.4, 0.5) is 16.2 Å². The molecule has 0 atom stereocenters. The minimum atomic E-state index is -0.180. The number of carbonyl (C=O) groups is 2. The monoisotopic (exact) mass is 337 g/mol. The molecule has 3 rings (SSSR count). The molecule has 0 radical (unpaired) electrons. The molecule has 0 saturated carbocycles. The first-order chi connectivity index (χ1) is 12.0. The van der Waals surface area contributed by atoms with E-state index in [9.17, 15) is 9.59 Å². The minimum absolute atomic E-state index is 0.0636. The Bertz CT molecular complexity index is 741. The first kappa shape index (κ1) is 17.0. The van der Waals surface area contributed by atoms with Gasteiger partial charge in [-0.2, -0.15) is 0 Å². The van der Waals surface area contributed by atoms with Gasteiger partial charge in [0, 0.05) is 24.5 Å². The van der Waals surface area contributed by atoms with E-state index in [4.69, 9.17) is 0 Å². The lowest BCUT2D eigenvalue weighted by atomic mass is 10.0. The highest BCUT2D eigenvalue weighted by atomic mass is 16.2. The molecule has 0 aliphatic carbocycles. The summed E-state index contributed by atoms with van der Waals surface area (Å²) in [6, 6.07) is 17.2. The summed E-state index contributed by atoms with van der Waals surface area (Å²) in [5.74, 6) is 0.275. The maximum atomic E-state index is 12.5. The molecule has 1 heterocycles. The molecule has 1 saturated heterocycles. The number of carbonyl (C=O) groups excluding carboxylic acids is 2. The Balaban J connectivity index is 1.57. The summed E-state index contributed by atoms with van der Waals surface area (Å²) < 4.78 is 0. The van der Waals surface area contributed by atoms with Crippen LogP contribution < -0.4 is 10.2 Å². The van der Waals surface area contributed by atoms with Crippen molar-refractivity contribution in [1.82, 2.24) is 4.90 Å². The lowest BCUT2D eigenvalue weighted by Crippen LogP contribution is -2.37. The van der Waals surface area contributed by atoms with Gasteiger partial charge < -0.3 is 10.2 Å². The summed E-state index contributed by atoms with van der Waals surface area (Å²) in [6.45, 7) is 5.47. The Labute approximate surface area is 148 Å². The van der Waals surface area contributed by atoms with Crippen LogP contribution >= 0.6 is 0 Å². The molecule has 2 aromatic carbocycles. The van der Waals surface area contributed by atoms with E-state index in [1.54, 1.807) is 9.80 Å². The topological polar surface area (TPSA) is 52.7 Å². The van der Waals surface area contributed by atoms with E-state index in [0.29, 0.717) is 19.0 Å². The normalized spacial score (nSPS) is 14.3. The standard InChI is InChI=1S/C20H23N3O2/c1-15(2)16-8-10-17(11-9-16)21-19(24)14-22-12-13-23(20(22)25)18-6-4-3-5-7-18/h3-11,15H,12-14H2,1-2H3,(H,21,24). The number of hydrogen-bond acceptors (Lipinski definition) is 2. The number of amides is 3. The van der Waals surface area contributed by atoms with Crippen LogP contribution in [-0.2, 0) is 4.79 Å². The van der Waals surface area contributed by atoms with Gasteiger partial charge in [-0.1, -0.05) is 44.2 Å². The van der Waals surface area contributed by atoms with Crippen LogP contribution in [0.3, 0.4) is 0 Å². The van der Waals surface area contributed by atoms with Crippen molar-refractivity contribution in [2.45, 2.75) is 19.8 Å². The van der Waals surface area contributed by atoms with Crippen LogP contribution in [0, 0.1) is 0 Å². The maximum absolute atomic E-state index is 12.5. The third kappa shape index (κ3) is 3.99. The molecule has 1 fully saturated rings. The molecule has 1 N–H and O–H groups in total. The summed E-state index contributed by atoms with van der Waals surface area (Å²) >= 11 is 0. The van der Waals surface area contributed by atoms with Gasteiger partial charge >= 0.3 is 6.03 Å². The van der Waals surface area contributed by atoms with Crippen LogP contribution in [-0.4, -0.2) is 36.5 Å². The summed E-state index contributed by atoms with van der Waals surface area (Å²) in [6.07, 6.45) is 0. The van der Waals surface area contributed by atoms with E-state index in [2.05, 4.69) is 19.2 Å². The number of nitrogens with zero attached hydrogens (tertiary/aromatic N) is 2. The molecule has 0 unspecified atom stereocenters. The lowest BCUT2D eigenvalue weighted by Gasteiger charge is -2.18. The van der Waals surface area contributed by atoms with E-state index in [0.717, 1.165) is 11.4 Å². The smallest absolute Gasteiger partial charge is 0.325 e. The molecule has 25 heavy (non-hydrogen) atoms. The molecule has 130 valence electrons. The van der Waals surface area contributed by atoms with Gasteiger partial charge in [0.15, 0.2) is 0 Å². The average Bonchev–Trinajstić information content (AvgIpc) is 2.96. The Morgan fingerprint density at radius 1 is 1.04 bits per heavy atom. The largest absolute Gasteiger partial charge is 0.325 e. The third-order valence-corrected chi connectivity index (χ3v) is 4.36. The summed E-state index contributed by atoms with van der Waals surface area (Å²) in [4.78, 5) is 28.0. The Hall–Kier alpha value is -2.82. The number of benzene rings is 2. The molecule has 3 amide bonds. The van der Waals surface area contributed by atoms with Crippen molar-refractivity contribution in [3.8, 4) is 0 Å². The second kappa shape index (κ2) is 7.38. The van der Waals surface area contributed by atoms with E-state index >= 15 is 0 Å². The van der Waals surface area contributed by atoms with Gasteiger partial charge in [0.2, 0.25) is 5.91 Å². The fourth-order valence-corrected chi connectivity index (χ4v) is 2.90. The first-order valence-corrected chi connectivity index (χ1v) is 8.56. The molecular formula is C20H23N3O2. The number of para-hydroxylation sites is 1. The fraction of sp³-hybridized carbons (Fsp3) is 0.300. The van der Waals surface area contributed by atoms with Gasteiger partial charge in [-0.3, -0.25) is 9.69 Å². The highest BCUT2D eigenvalue weighted by Gasteiger charge is 2.30. The average molecular weight is 337 g/mol. The van der Waals surface area contributed by atoms with Crippen molar-refractivity contribution in [3.63, 3.8) is 0 Å². The van der Waals surface area contributed by atoms with Gasteiger partial charge in [0.25, 0.3) is 0 Å². The highest BCUT2D eigenvalue weighted by molar-refractivity contribution is 5.99. The molecule has 0 bridgehead atoms. The van der Waals surface area contributed by atoms with Crippen LogP contribution in [0.2, 0.25) is 0 Å². The molecule has 1 aliphatic rings. The SMILES string of the molecule is CC(C)c1ccc(NC(=O)CN2CCN(c3ccccc3)C2=O)cc1. The fourth-order valence-electron chi connectivity index (χ4n) is 2.90. The molecule has 0 aromatic heterocycles. The zero-order valence-corrected chi connectivity index (χ0v) is 14.6. The van der Waals surface area contributed by atoms with Gasteiger partial charge in [-0.05, 0) is 35.7 Å². The molecule has 5 nitrogen and oxygen atoms in total. The molecule has 2 aromatic rings. The molecule has 1 aliphatic heterocycles. The Kier molecular flexibility index (Phi) is 5.03. The molecule has 5 heteroatoms. The number of urea groups is 1. The second-order valence-electron chi connectivity index (χ2n) is 6.52. The number of nitrogens with one attached hydrogen (secondary N) is 1. The summed E-state index contributed by atoms with van der Waals surface area (Å²) in [7, 11) is 0. The van der Waals surface area contributed by atoms with E-state index in [1.807, 2.05) is 54.6 Å². The predicted molar refractivity (Wildman–Crippen MR) is 99.9 cm³/mol. The number of hydrogen-bond donors (Lipinski definition) is 1. The minimum Gasteiger partial charge on any atom is -0.325 e. The number of rotatable bonds is 5. The van der Waals surface area contributed by atoms with Crippen LogP contribution in [0.15, 0.2) is 54.6 Å². The predicted octanol–water partition coefficient (Wildman–Crippen LogP) is 3.69. The van der Waals surface area contributed by atoms with Crippen molar-refractivity contribution in [1.29, 1.82) is 0 Å². The van der Waals surface area contributed by atoms with Crippen molar-refractivity contribution in [2.75, 3.05) is 29.9 Å². The maximum Gasteiger partial charge on any atom is 0.325 e. The molecular weight excluding hydrogens is 314 g/mol. The Morgan fingerprint density at radius 3 is 2.36 bits per heavy atom. The second-order valence-corrected chi connectivity index (χ2v) is 6.52. The van der Waals surface area contributed by atoms with Crippen molar-refractivity contribution >= 4 is 23.3 Å². The summed E-state index contributed by atoms with van der Waals surface area (Å²) in [5.41, 5.74) is 2.84. The van der Waals surface area contributed by atoms with Crippen LogP contribution in [0.5, 0.6) is 0 Å².